The summed E-state index contributed by atoms with van der Waals surface area (Å²) < 4.78 is 7.97. The van der Waals surface area contributed by atoms with E-state index in [4.69, 9.17) is 4.74 Å². The third kappa shape index (κ3) is 3.55. The predicted octanol–water partition coefficient (Wildman–Crippen LogP) is 4.05. The second-order valence-electron chi connectivity index (χ2n) is 10.5. The number of nitrogens with one attached hydrogen (secondary N) is 1. The van der Waals surface area contributed by atoms with Gasteiger partial charge in [0.2, 0.25) is 0 Å². The van der Waals surface area contributed by atoms with E-state index in [1.54, 1.807) is 0 Å². The zero-order chi connectivity index (χ0) is 21.8. The number of rotatable bonds is 5. The Morgan fingerprint density at radius 3 is 2.62 bits per heavy atom. The highest BCUT2D eigenvalue weighted by atomic mass is 16.5. The van der Waals surface area contributed by atoms with Crippen molar-refractivity contribution in [1.29, 1.82) is 0 Å². The van der Waals surface area contributed by atoms with Gasteiger partial charge in [-0.15, -0.1) is 0 Å². The van der Waals surface area contributed by atoms with Crippen LogP contribution in [0.15, 0.2) is 30.5 Å². The monoisotopic (exact) mass is 433 g/mol. The molecular formula is C27H35N3O2. The summed E-state index contributed by atoms with van der Waals surface area (Å²) in [4.78, 5) is 15.2. The van der Waals surface area contributed by atoms with Crippen molar-refractivity contribution >= 4 is 16.8 Å². The first-order valence-electron chi connectivity index (χ1n) is 12.5. The molecule has 2 aliphatic carbocycles. The first kappa shape index (κ1) is 20.3. The van der Waals surface area contributed by atoms with Crippen LogP contribution in [0.2, 0.25) is 0 Å². The molecule has 3 heterocycles. The second kappa shape index (κ2) is 7.95. The van der Waals surface area contributed by atoms with Crippen LogP contribution >= 0.6 is 0 Å². The average Bonchev–Trinajstić information content (AvgIpc) is 3.56. The SMILES string of the molecule is C=C(NC1CC1)C1CN(C(=O)c2ccc3c(c2)c2c(n3C)CCC(C3CCOCC3)C2)C1. The lowest BCUT2D eigenvalue weighted by molar-refractivity contribution is 0.0439. The number of nitrogens with zero attached hydrogens (tertiary/aromatic N) is 2. The van der Waals surface area contributed by atoms with Gasteiger partial charge in [-0.3, -0.25) is 4.79 Å². The van der Waals surface area contributed by atoms with Crippen molar-refractivity contribution in [3.05, 3.63) is 47.3 Å². The van der Waals surface area contributed by atoms with Gasteiger partial charge in [-0.25, -0.2) is 0 Å². The third-order valence-electron chi connectivity index (χ3n) is 8.46. The van der Waals surface area contributed by atoms with Crippen LogP contribution in [-0.4, -0.2) is 47.7 Å². The molecule has 5 nitrogen and oxygen atoms in total. The van der Waals surface area contributed by atoms with Crippen molar-refractivity contribution in [3.8, 4) is 0 Å². The van der Waals surface area contributed by atoms with Crippen LogP contribution in [0.5, 0.6) is 0 Å². The van der Waals surface area contributed by atoms with Crippen LogP contribution in [-0.2, 0) is 24.6 Å². The van der Waals surface area contributed by atoms with E-state index in [-0.39, 0.29) is 5.91 Å². The fourth-order valence-corrected chi connectivity index (χ4v) is 6.18. The van der Waals surface area contributed by atoms with E-state index in [1.807, 2.05) is 11.0 Å². The van der Waals surface area contributed by atoms with E-state index in [2.05, 4.69) is 35.6 Å². The number of benzene rings is 1. The number of likely N-dealkylation sites (tertiary alicyclic amines) is 1. The number of amides is 1. The van der Waals surface area contributed by atoms with Crippen molar-refractivity contribution in [3.63, 3.8) is 0 Å². The Labute approximate surface area is 190 Å². The molecular weight excluding hydrogens is 398 g/mol. The quantitative estimate of drug-likeness (QED) is 0.774. The van der Waals surface area contributed by atoms with Crippen molar-refractivity contribution in [2.24, 2.45) is 24.8 Å². The summed E-state index contributed by atoms with van der Waals surface area (Å²) >= 11 is 0. The van der Waals surface area contributed by atoms with E-state index in [0.29, 0.717) is 12.0 Å². The molecule has 3 fully saturated rings. The molecule has 32 heavy (non-hydrogen) atoms. The summed E-state index contributed by atoms with van der Waals surface area (Å²) in [6.45, 7) is 7.61. The standard InChI is InChI=1S/C27H35N3O2/c1-17(28-22-5-6-22)21-15-30(16-21)27(31)20-4-8-26-24(14-20)23-13-19(3-7-25(23)29(26)2)18-9-11-32-12-10-18/h4,8,14,18-19,21-22,28H,1,3,5-7,9-13,15-16H2,2H3. The van der Waals surface area contributed by atoms with Crippen LogP contribution in [0.1, 0.15) is 53.7 Å². The lowest BCUT2D eigenvalue weighted by Gasteiger charge is -2.40. The third-order valence-corrected chi connectivity index (χ3v) is 8.46. The molecule has 0 bridgehead atoms. The first-order chi connectivity index (χ1) is 15.6. The van der Waals surface area contributed by atoms with Crippen molar-refractivity contribution < 1.29 is 9.53 Å². The summed E-state index contributed by atoms with van der Waals surface area (Å²) in [5.41, 5.74) is 6.17. The van der Waals surface area contributed by atoms with Crippen LogP contribution in [0.25, 0.3) is 10.9 Å². The number of carbonyl (C=O) groups excluding carboxylic acids is 1. The van der Waals surface area contributed by atoms with Crippen LogP contribution in [0, 0.1) is 17.8 Å². The molecule has 1 N–H and O–H groups in total. The largest absolute Gasteiger partial charge is 0.386 e. The molecule has 2 saturated heterocycles. The highest BCUT2D eigenvalue weighted by Gasteiger charge is 2.35. The molecule has 1 saturated carbocycles. The Hall–Kier alpha value is -2.27. The lowest BCUT2D eigenvalue weighted by Crippen LogP contribution is -2.52. The molecule has 2 aliphatic heterocycles. The normalized spacial score (nSPS) is 24.3. The number of aromatic nitrogens is 1. The summed E-state index contributed by atoms with van der Waals surface area (Å²) in [7, 11) is 2.19. The molecule has 5 heteroatoms. The van der Waals surface area contributed by atoms with Crippen molar-refractivity contribution in [1.82, 2.24) is 14.8 Å². The van der Waals surface area contributed by atoms with Crippen LogP contribution in [0.4, 0.5) is 0 Å². The maximum absolute atomic E-state index is 13.2. The Morgan fingerprint density at radius 2 is 1.88 bits per heavy atom. The molecule has 1 unspecified atom stereocenters. The molecule has 170 valence electrons. The number of fused-ring (bicyclic) bond motifs is 3. The lowest BCUT2D eigenvalue weighted by atomic mass is 9.75. The number of ether oxygens (including phenoxy) is 1. The fourth-order valence-electron chi connectivity index (χ4n) is 6.18. The second-order valence-corrected chi connectivity index (χ2v) is 10.5. The summed E-state index contributed by atoms with van der Waals surface area (Å²) in [5, 5.41) is 4.80. The summed E-state index contributed by atoms with van der Waals surface area (Å²) in [5.74, 6) is 2.09. The number of aryl methyl sites for hydroxylation is 1. The maximum atomic E-state index is 13.2. The smallest absolute Gasteiger partial charge is 0.253 e. The molecule has 1 amide bonds. The van der Waals surface area contributed by atoms with Gasteiger partial charge < -0.3 is 19.5 Å². The Kier molecular flexibility index (Phi) is 5.05. The van der Waals surface area contributed by atoms with Crippen molar-refractivity contribution in [2.45, 2.75) is 51.0 Å². The topological polar surface area (TPSA) is 46.5 Å². The minimum absolute atomic E-state index is 0.164. The molecule has 1 aromatic heterocycles. The van der Waals surface area contributed by atoms with Gasteiger partial charge in [0.1, 0.15) is 0 Å². The molecule has 4 aliphatic rings. The van der Waals surface area contributed by atoms with E-state index in [9.17, 15) is 4.79 Å². The van der Waals surface area contributed by atoms with Gasteiger partial charge in [-0.1, -0.05) is 6.58 Å². The van der Waals surface area contributed by atoms with E-state index in [0.717, 1.165) is 62.2 Å². The number of carbonyl (C=O) groups is 1. The van der Waals surface area contributed by atoms with Gasteiger partial charge in [0.15, 0.2) is 0 Å². The number of hydrogen-bond donors (Lipinski definition) is 1. The van der Waals surface area contributed by atoms with Gasteiger partial charge in [0, 0.05) is 73.2 Å². The maximum Gasteiger partial charge on any atom is 0.253 e. The minimum Gasteiger partial charge on any atom is -0.386 e. The summed E-state index contributed by atoms with van der Waals surface area (Å²) in [6.07, 6.45) is 8.48. The predicted molar refractivity (Wildman–Crippen MR) is 127 cm³/mol. The summed E-state index contributed by atoms with van der Waals surface area (Å²) in [6, 6.07) is 6.99. The molecule has 6 rings (SSSR count). The Balaban J connectivity index is 1.20. The Morgan fingerprint density at radius 1 is 1.09 bits per heavy atom. The highest BCUT2D eigenvalue weighted by molar-refractivity contribution is 5.99. The van der Waals surface area contributed by atoms with E-state index in [1.165, 1.54) is 54.3 Å². The van der Waals surface area contributed by atoms with Gasteiger partial charge >= 0.3 is 0 Å². The zero-order valence-corrected chi connectivity index (χ0v) is 19.2. The molecule has 1 aromatic carbocycles. The van der Waals surface area contributed by atoms with Gasteiger partial charge in [-0.2, -0.15) is 0 Å². The van der Waals surface area contributed by atoms with Gasteiger partial charge in [-0.05, 0) is 80.5 Å². The van der Waals surface area contributed by atoms with E-state index < -0.39 is 0 Å². The Bertz CT molecular complexity index is 1050. The van der Waals surface area contributed by atoms with Gasteiger partial charge in [0.25, 0.3) is 5.91 Å². The zero-order valence-electron chi connectivity index (χ0n) is 19.2. The van der Waals surface area contributed by atoms with Gasteiger partial charge in [0.05, 0.1) is 0 Å². The van der Waals surface area contributed by atoms with Crippen molar-refractivity contribution in [2.75, 3.05) is 26.3 Å². The fraction of sp³-hybridized carbons (Fsp3) is 0.593. The highest BCUT2D eigenvalue weighted by Crippen LogP contribution is 2.39. The molecule has 0 radical (unpaired) electrons. The molecule has 2 aromatic rings. The number of hydrogen-bond acceptors (Lipinski definition) is 3. The first-order valence-corrected chi connectivity index (χ1v) is 12.5. The van der Waals surface area contributed by atoms with E-state index >= 15 is 0 Å². The minimum atomic E-state index is 0.164. The van der Waals surface area contributed by atoms with Crippen LogP contribution in [0.3, 0.4) is 0 Å². The van der Waals surface area contributed by atoms with Crippen LogP contribution < -0.4 is 5.32 Å². The average molecular weight is 434 g/mol. The molecule has 0 spiro atoms. The molecule has 1 atom stereocenters.